The molecule has 1 rings (SSSR count). The Morgan fingerprint density at radius 3 is 2.42 bits per heavy atom. The average Bonchev–Trinajstić information content (AvgIpc) is 2.27. The zero-order valence-electron chi connectivity index (χ0n) is 10.8. The third-order valence-electron chi connectivity index (χ3n) is 2.72. The fourth-order valence-electron chi connectivity index (χ4n) is 1.97. The quantitative estimate of drug-likeness (QED) is 0.810. The van der Waals surface area contributed by atoms with Crippen LogP contribution in [0.1, 0.15) is 24.5 Å². The molecule has 0 aliphatic heterocycles. The van der Waals surface area contributed by atoms with Crippen LogP contribution in [0.5, 0.6) is 0 Å². The Balaban J connectivity index is 2.86. The van der Waals surface area contributed by atoms with E-state index in [1.165, 1.54) is 23.1 Å². The van der Waals surface area contributed by atoms with Crippen molar-refractivity contribution in [2.24, 2.45) is 5.73 Å². The minimum Gasteiger partial charge on any atom is -0.326 e. The molecule has 0 aliphatic rings. The monoisotopic (exact) mass is 278 g/mol. The molecular formula is C13H18F4N2. The van der Waals surface area contributed by atoms with Crippen molar-refractivity contribution < 1.29 is 17.6 Å². The van der Waals surface area contributed by atoms with Gasteiger partial charge in [0, 0.05) is 13.1 Å². The van der Waals surface area contributed by atoms with E-state index >= 15 is 0 Å². The lowest BCUT2D eigenvalue weighted by Gasteiger charge is -2.24. The molecular weight excluding hydrogens is 260 g/mol. The van der Waals surface area contributed by atoms with Crippen molar-refractivity contribution in [2.75, 3.05) is 13.1 Å². The predicted molar refractivity (Wildman–Crippen MR) is 65.9 cm³/mol. The predicted octanol–water partition coefficient (Wildman–Crippen LogP) is 3.06. The van der Waals surface area contributed by atoms with Crippen LogP contribution in [0, 0.1) is 5.82 Å². The molecule has 2 nitrogen and oxygen atoms in total. The van der Waals surface area contributed by atoms with Crippen molar-refractivity contribution in [3.63, 3.8) is 0 Å². The molecule has 19 heavy (non-hydrogen) atoms. The molecule has 0 atom stereocenters. The number of nitrogens with zero attached hydrogens (tertiary/aromatic N) is 1. The van der Waals surface area contributed by atoms with Gasteiger partial charge >= 0.3 is 6.18 Å². The largest absolute Gasteiger partial charge is 0.401 e. The second kappa shape index (κ2) is 6.86. The van der Waals surface area contributed by atoms with Gasteiger partial charge in [-0.3, -0.25) is 4.90 Å². The standard InChI is InChI=1S/C13H18F4N2/c1-2-5-19(9-13(15,16)17)8-11-6-12(14)4-3-10(11)7-18/h3-4,6H,2,5,7-9,18H2,1H3. The number of hydrogen-bond acceptors (Lipinski definition) is 2. The first kappa shape index (κ1) is 15.9. The van der Waals surface area contributed by atoms with Gasteiger partial charge in [0.15, 0.2) is 0 Å². The molecule has 1 aromatic carbocycles. The van der Waals surface area contributed by atoms with E-state index < -0.39 is 18.5 Å². The molecule has 108 valence electrons. The third-order valence-corrected chi connectivity index (χ3v) is 2.72. The average molecular weight is 278 g/mol. The summed E-state index contributed by atoms with van der Waals surface area (Å²) in [6.07, 6.45) is -3.66. The highest BCUT2D eigenvalue weighted by atomic mass is 19.4. The van der Waals surface area contributed by atoms with Gasteiger partial charge in [0.2, 0.25) is 0 Å². The number of halogens is 4. The summed E-state index contributed by atoms with van der Waals surface area (Å²) in [5, 5.41) is 0. The van der Waals surface area contributed by atoms with E-state index in [4.69, 9.17) is 5.73 Å². The summed E-state index contributed by atoms with van der Waals surface area (Å²) in [7, 11) is 0. The van der Waals surface area contributed by atoms with Gasteiger partial charge in [0.05, 0.1) is 6.54 Å². The number of benzene rings is 1. The van der Waals surface area contributed by atoms with Crippen LogP contribution in [-0.2, 0) is 13.1 Å². The van der Waals surface area contributed by atoms with Crippen LogP contribution in [0.4, 0.5) is 17.6 Å². The molecule has 0 aromatic heterocycles. The van der Waals surface area contributed by atoms with Crippen molar-refractivity contribution in [3.05, 3.63) is 35.1 Å². The van der Waals surface area contributed by atoms with Crippen molar-refractivity contribution in [3.8, 4) is 0 Å². The first-order chi connectivity index (χ1) is 8.85. The Morgan fingerprint density at radius 1 is 1.21 bits per heavy atom. The molecule has 2 N–H and O–H groups in total. The second-order valence-electron chi connectivity index (χ2n) is 4.44. The van der Waals surface area contributed by atoms with Crippen molar-refractivity contribution >= 4 is 0 Å². The van der Waals surface area contributed by atoms with Gasteiger partial charge in [-0.25, -0.2) is 4.39 Å². The molecule has 6 heteroatoms. The summed E-state index contributed by atoms with van der Waals surface area (Å²) in [6.45, 7) is 1.35. The van der Waals surface area contributed by atoms with Crippen LogP contribution in [0.3, 0.4) is 0 Å². The highest BCUT2D eigenvalue weighted by molar-refractivity contribution is 5.27. The van der Waals surface area contributed by atoms with Gasteiger partial charge in [-0.15, -0.1) is 0 Å². The van der Waals surface area contributed by atoms with Gasteiger partial charge < -0.3 is 5.73 Å². The normalized spacial score (nSPS) is 12.2. The number of alkyl halides is 3. The zero-order chi connectivity index (χ0) is 14.5. The van der Waals surface area contributed by atoms with Gasteiger partial charge in [-0.1, -0.05) is 13.0 Å². The van der Waals surface area contributed by atoms with E-state index in [0.717, 1.165) is 0 Å². The molecule has 0 unspecified atom stereocenters. The van der Waals surface area contributed by atoms with Gasteiger partial charge in [-0.05, 0) is 36.2 Å². The summed E-state index contributed by atoms with van der Waals surface area (Å²) in [6, 6.07) is 4.03. The molecule has 1 aromatic rings. The van der Waals surface area contributed by atoms with E-state index in [-0.39, 0.29) is 13.1 Å². The molecule has 0 bridgehead atoms. The summed E-state index contributed by atoms with van der Waals surface area (Å²) in [5.41, 5.74) is 6.70. The summed E-state index contributed by atoms with van der Waals surface area (Å²) >= 11 is 0. The Bertz CT molecular complexity index is 404. The van der Waals surface area contributed by atoms with Crippen LogP contribution in [0.2, 0.25) is 0 Å². The molecule has 0 fully saturated rings. The Kier molecular flexibility index (Phi) is 5.75. The maximum Gasteiger partial charge on any atom is 0.401 e. The number of hydrogen-bond donors (Lipinski definition) is 1. The first-order valence-electron chi connectivity index (χ1n) is 6.12. The number of nitrogens with two attached hydrogens (primary N) is 1. The maximum absolute atomic E-state index is 13.2. The van der Waals surface area contributed by atoms with Gasteiger partial charge in [-0.2, -0.15) is 13.2 Å². The maximum atomic E-state index is 13.2. The van der Waals surface area contributed by atoms with Gasteiger partial charge in [0.25, 0.3) is 0 Å². The highest BCUT2D eigenvalue weighted by Gasteiger charge is 2.30. The van der Waals surface area contributed by atoms with E-state index in [0.29, 0.717) is 24.1 Å². The van der Waals surface area contributed by atoms with Crippen LogP contribution < -0.4 is 5.73 Å². The van der Waals surface area contributed by atoms with Crippen molar-refractivity contribution in [1.82, 2.24) is 4.90 Å². The van der Waals surface area contributed by atoms with Crippen LogP contribution in [0.25, 0.3) is 0 Å². The summed E-state index contributed by atoms with van der Waals surface area (Å²) < 4.78 is 50.5. The van der Waals surface area contributed by atoms with Crippen LogP contribution in [-0.4, -0.2) is 24.2 Å². The Morgan fingerprint density at radius 2 is 1.89 bits per heavy atom. The number of rotatable bonds is 6. The van der Waals surface area contributed by atoms with E-state index in [1.807, 2.05) is 0 Å². The second-order valence-corrected chi connectivity index (χ2v) is 4.44. The van der Waals surface area contributed by atoms with Crippen molar-refractivity contribution in [2.45, 2.75) is 32.6 Å². The minimum atomic E-state index is -4.26. The molecule has 0 amide bonds. The lowest BCUT2D eigenvalue weighted by Crippen LogP contribution is -2.34. The van der Waals surface area contributed by atoms with Crippen LogP contribution >= 0.6 is 0 Å². The summed E-state index contributed by atoms with van der Waals surface area (Å²) in [5.74, 6) is -0.462. The fraction of sp³-hybridized carbons (Fsp3) is 0.538. The lowest BCUT2D eigenvalue weighted by atomic mass is 10.1. The van der Waals surface area contributed by atoms with Crippen LogP contribution in [0.15, 0.2) is 18.2 Å². The zero-order valence-corrected chi connectivity index (χ0v) is 10.8. The van der Waals surface area contributed by atoms with Gasteiger partial charge in [0.1, 0.15) is 5.82 Å². The Labute approximate surface area is 110 Å². The molecule has 0 radical (unpaired) electrons. The third kappa shape index (κ3) is 5.57. The van der Waals surface area contributed by atoms with Crippen molar-refractivity contribution in [1.29, 1.82) is 0 Å². The molecule has 0 saturated carbocycles. The molecule has 0 aliphatic carbocycles. The fourth-order valence-corrected chi connectivity index (χ4v) is 1.97. The van der Waals surface area contributed by atoms with E-state index in [1.54, 1.807) is 6.92 Å². The van der Waals surface area contributed by atoms with E-state index in [2.05, 4.69) is 0 Å². The first-order valence-corrected chi connectivity index (χ1v) is 6.12. The molecule has 0 spiro atoms. The van der Waals surface area contributed by atoms with E-state index in [9.17, 15) is 17.6 Å². The lowest BCUT2D eigenvalue weighted by molar-refractivity contribution is -0.147. The minimum absolute atomic E-state index is 0.0532. The molecule has 0 heterocycles. The highest BCUT2D eigenvalue weighted by Crippen LogP contribution is 2.20. The summed E-state index contributed by atoms with van der Waals surface area (Å²) in [4.78, 5) is 1.26. The topological polar surface area (TPSA) is 29.3 Å². The smallest absolute Gasteiger partial charge is 0.326 e. The Hall–Kier alpha value is -1.14. The molecule has 0 saturated heterocycles. The SMILES string of the molecule is CCCN(Cc1cc(F)ccc1CN)CC(F)(F)F.